The zero-order valence-corrected chi connectivity index (χ0v) is 13.8. The average Bonchev–Trinajstić information content (AvgIpc) is 2.98. The molecule has 1 saturated carbocycles. The number of anilines is 1. The van der Waals surface area contributed by atoms with Gasteiger partial charge in [0.1, 0.15) is 16.7 Å². The summed E-state index contributed by atoms with van der Waals surface area (Å²) in [6.07, 6.45) is 5.24. The first-order chi connectivity index (χ1) is 11.1. The first kappa shape index (κ1) is 14.4. The second-order valence-electron chi connectivity index (χ2n) is 6.18. The highest BCUT2D eigenvalue weighted by Gasteiger charge is 2.43. The predicted molar refractivity (Wildman–Crippen MR) is 93.7 cm³/mol. The molecule has 4 rings (SSSR count). The number of fused-ring (bicyclic) bond motifs is 1. The Morgan fingerprint density at radius 2 is 1.91 bits per heavy atom. The molecule has 2 heterocycles. The third kappa shape index (κ3) is 2.16. The number of hydrogen-bond donors (Lipinski definition) is 2. The van der Waals surface area contributed by atoms with Crippen molar-refractivity contribution in [1.29, 1.82) is 0 Å². The highest BCUT2D eigenvalue weighted by Crippen LogP contribution is 2.42. The molecule has 7 nitrogen and oxygen atoms in total. The van der Waals surface area contributed by atoms with Gasteiger partial charge in [0.25, 0.3) is 0 Å². The summed E-state index contributed by atoms with van der Waals surface area (Å²) in [7, 11) is 0. The lowest BCUT2D eigenvalue weighted by Crippen LogP contribution is -2.58. The van der Waals surface area contributed by atoms with Gasteiger partial charge < -0.3 is 11.5 Å². The third-order valence-electron chi connectivity index (χ3n) is 4.68. The molecular weight excluding hydrogens is 310 g/mol. The van der Waals surface area contributed by atoms with E-state index in [1.807, 2.05) is 17.0 Å². The molecule has 0 atom stereocenters. The SMILES string of the molecule is Cc1ccc2nsnc2c1N1C(N)=NC(N)=NC12CCCCC2. The molecule has 2 aromatic rings. The van der Waals surface area contributed by atoms with E-state index in [9.17, 15) is 0 Å². The zero-order chi connectivity index (χ0) is 16.0. The maximum atomic E-state index is 6.31. The summed E-state index contributed by atoms with van der Waals surface area (Å²) < 4.78 is 8.84. The highest BCUT2D eigenvalue weighted by molar-refractivity contribution is 7.00. The number of nitrogens with zero attached hydrogens (tertiary/aromatic N) is 5. The van der Waals surface area contributed by atoms with Gasteiger partial charge in [-0.3, -0.25) is 4.90 Å². The molecule has 0 radical (unpaired) electrons. The monoisotopic (exact) mass is 329 g/mol. The first-order valence-corrected chi connectivity index (χ1v) is 8.55. The van der Waals surface area contributed by atoms with Gasteiger partial charge >= 0.3 is 0 Å². The molecule has 1 spiro atoms. The van der Waals surface area contributed by atoms with Crippen LogP contribution >= 0.6 is 11.7 Å². The van der Waals surface area contributed by atoms with Crippen LogP contribution < -0.4 is 16.4 Å². The minimum atomic E-state index is -0.448. The molecule has 8 heteroatoms. The normalized spacial score (nSPS) is 20.7. The van der Waals surface area contributed by atoms with Gasteiger partial charge in [0.2, 0.25) is 11.9 Å². The second-order valence-corrected chi connectivity index (χ2v) is 6.71. The van der Waals surface area contributed by atoms with E-state index in [0.717, 1.165) is 48.0 Å². The lowest BCUT2D eigenvalue weighted by molar-refractivity contribution is 0.305. The Bertz CT molecular complexity index is 816. The molecule has 1 aliphatic carbocycles. The van der Waals surface area contributed by atoms with Crippen LogP contribution in [0.4, 0.5) is 5.69 Å². The number of guanidine groups is 2. The Balaban J connectivity index is 1.95. The van der Waals surface area contributed by atoms with E-state index in [4.69, 9.17) is 16.5 Å². The van der Waals surface area contributed by atoms with E-state index < -0.39 is 5.66 Å². The van der Waals surface area contributed by atoms with Crippen molar-refractivity contribution in [3.63, 3.8) is 0 Å². The molecule has 23 heavy (non-hydrogen) atoms. The predicted octanol–water partition coefficient (Wildman–Crippen LogP) is 2.11. The summed E-state index contributed by atoms with van der Waals surface area (Å²) in [4.78, 5) is 11.0. The van der Waals surface area contributed by atoms with Gasteiger partial charge in [-0.1, -0.05) is 12.5 Å². The van der Waals surface area contributed by atoms with Crippen LogP contribution in [0.25, 0.3) is 11.0 Å². The summed E-state index contributed by atoms with van der Waals surface area (Å²) in [6.45, 7) is 2.06. The smallest absolute Gasteiger partial charge is 0.220 e. The fraction of sp³-hybridized carbons (Fsp3) is 0.467. The van der Waals surface area contributed by atoms with Crippen molar-refractivity contribution in [2.24, 2.45) is 21.5 Å². The molecular formula is C15H19N7S. The lowest BCUT2D eigenvalue weighted by atomic mass is 9.87. The van der Waals surface area contributed by atoms with E-state index in [2.05, 4.69) is 20.7 Å². The second kappa shape index (κ2) is 5.16. The molecule has 120 valence electrons. The summed E-state index contributed by atoms with van der Waals surface area (Å²) >= 11 is 1.21. The van der Waals surface area contributed by atoms with Crippen LogP contribution in [-0.4, -0.2) is 26.3 Å². The molecule has 0 saturated heterocycles. The fourth-order valence-corrected chi connectivity index (χ4v) is 4.20. The van der Waals surface area contributed by atoms with Crippen LogP contribution in [0, 0.1) is 6.92 Å². The number of aromatic nitrogens is 2. The van der Waals surface area contributed by atoms with Crippen molar-refractivity contribution < 1.29 is 0 Å². The van der Waals surface area contributed by atoms with E-state index in [1.54, 1.807) is 0 Å². The number of aliphatic imine (C=N–C) groups is 2. The summed E-state index contributed by atoms with van der Waals surface area (Å²) in [5.74, 6) is 0.657. The summed E-state index contributed by atoms with van der Waals surface area (Å²) in [5, 5.41) is 0. The van der Waals surface area contributed by atoms with Gasteiger partial charge in [0.05, 0.1) is 17.4 Å². The van der Waals surface area contributed by atoms with Crippen molar-refractivity contribution in [3.8, 4) is 0 Å². The molecule has 1 aromatic heterocycles. The Hall–Kier alpha value is -2.22. The topological polar surface area (TPSA) is 106 Å². The van der Waals surface area contributed by atoms with E-state index in [0.29, 0.717) is 5.96 Å². The lowest BCUT2D eigenvalue weighted by Gasteiger charge is -2.46. The number of hydrogen-bond acceptors (Lipinski definition) is 8. The number of rotatable bonds is 1. The van der Waals surface area contributed by atoms with Crippen molar-refractivity contribution in [1.82, 2.24) is 8.75 Å². The highest BCUT2D eigenvalue weighted by atomic mass is 32.1. The van der Waals surface area contributed by atoms with Crippen LogP contribution in [-0.2, 0) is 0 Å². The van der Waals surface area contributed by atoms with Gasteiger partial charge in [0, 0.05) is 0 Å². The van der Waals surface area contributed by atoms with Gasteiger partial charge in [0.15, 0.2) is 0 Å². The Morgan fingerprint density at radius 3 is 2.70 bits per heavy atom. The minimum Gasteiger partial charge on any atom is -0.369 e. The quantitative estimate of drug-likeness (QED) is 0.833. The molecule has 2 aliphatic rings. The van der Waals surface area contributed by atoms with Crippen LogP contribution in [0.15, 0.2) is 22.1 Å². The maximum absolute atomic E-state index is 6.31. The number of benzene rings is 1. The molecule has 4 N–H and O–H groups in total. The summed E-state index contributed by atoms with van der Waals surface area (Å²) in [6, 6.07) is 4.03. The van der Waals surface area contributed by atoms with Crippen LogP contribution in [0.3, 0.4) is 0 Å². The fourth-order valence-electron chi connectivity index (χ4n) is 3.67. The van der Waals surface area contributed by atoms with Crippen molar-refractivity contribution in [2.75, 3.05) is 4.90 Å². The Kier molecular flexibility index (Phi) is 3.22. The van der Waals surface area contributed by atoms with E-state index in [-0.39, 0.29) is 5.96 Å². The number of aryl methyl sites for hydroxylation is 1. The molecule has 0 unspecified atom stereocenters. The average molecular weight is 329 g/mol. The van der Waals surface area contributed by atoms with Crippen LogP contribution in [0.2, 0.25) is 0 Å². The van der Waals surface area contributed by atoms with Gasteiger partial charge in [-0.15, -0.1) is 0 Å². The molecule has 1 fully saturated rings. The van der Waals surface area contributed by atoms with Crippen LogP contribution in [0.1, 0.15) is 37.7 Å². The molecule has 1 aliphatic heterocycles. The van der Waals surface area contributed by atoms with Crippen molar-refractivity contribution in [3.05, 3.63) is 17.7 Å². The largest absolute Gasteiger partial charge is 0.369 e. The molecule has 0 bridgehead atoms. The Labute approximate surface area is 138 Å². The van der Waals surface area contributed by atoms with Crippen LogP contribution in [0.5, 0.6) is 0 Å². The molecule has 1 aromatic carbocycles. The van der Waals surface area contributed by atoms with Gasteiger partial charge in [-0.2, -0.15) is 13.7 Å². The zero-order valence-electron chi connectivity index (χ0n) is 13.0. The minimum absolute atomic E-state index is 0.266. The maximum Gasteiger partial charge on any atom is 0.220 e. The summed E-state index contributed by atoms with van der Waals surface area (Å²) in [5.41, 5.74) is 15.6. The van der Waals surface area contributed by atoms with E-state index >= 15 is 0 Å². The molecule has 0 amide bonds. The van der Waals surface area contributed by atoms with Crippen molar-refractivity contribution in [2.45, 2.75) is 44.7 Å². The van der Waals surface area contributed by atoms with E-state index in [1.165, 1.54) is 18.1 Å². The third-order valence-corrected chi connectivity index (χ3v) is 5.22. The van der Waals surface area contributed by atoms with Gasteiger partial charge in [-0.25, -0.2) is 4.99 Å². The van der Waals surface area contributed by atoms with Gasteiger partial charge in [-0.05, 0) is 44.2 Å². The number of nitrogens with two attached hydrogens (primary N) is 2. The standard InChI is InChI=1S/C15H19N7S/c1-9-5-6-10-11(21-23-20-10)12(9)22-14(17)18-13(16)19-15(22)7-3-2-4-8-15/h5-6H,2-4,7-8H2,1H3,(H4,16,17,18,19). The first-order valence-electron chi connectivity index (χ1n) is 7.82. The Morgan fingerprint density at radius 1 is 1.13 bits per heavy atom. The van der Waals surface area contributed by atoms with Crippen molar-refractivity contribution >= 4 is 40.4 Å².